The van der Waals surface area contributed by atoms with Crippen molar-refractivity contribution in [2.45, 2.75) is 65.4 Å². The molecular weight excluding hydrogens is 250 g/mol. The molecule has 0 aromatic carbocycles. The molecule has 0 aliphatic heterocycles. The summed E-state index contributed by atoms with van der Waals surface area (Å²) in [6.45, 7) is 9.58. The van der Waals surface area contributed by atoms with Crippen molar-refractivity contribution in [2.75, 3.05) is 11.9 Å². The van der Waals surface area contributed by atoms with Crippen molar-refractivity contribution in [1.29, 1.82) is 0 Å². The van der Waals surface area contributed by atoms with Gasteiger partial charge in [-0.15, -0.1) is 0 Å². The highest BCUT2D eigenvalue weighted by Gasteiger charge is 2.23. The van der Waals surface area contributed by atoms with E-state index in [2.05, 4.69) is 43.0 Å². The summed E-state index contributed by atoms with van der Waals surface area (Å²) in [4.78, 5) is 8.74. The predicted octanol–water partition coefficient (Wildman–Crippen LogP) is 3.99. The summed E-state index contributed by atoms with van der Waals surface area (Å²) in [5.74, 6) is 2.87. The monoisotopic (exact) mass is 277 g/mol. The molecule has 0 amide bonds. The van der Waals surface area contributed by atoms with Crippen LogP contribution in [0.2, 0.25) is 0 Å². The van der Waals surface area contributed by atoms with Crippen LogP contribution >= 0.6 is 0 Å². The molecule has 1 saturated carbocycles. The zero-order valence-corrected chi connectivity index (χ0v) is 13.1. The third-order valence-corrected chi connectivity index (χ3v) is 4.01. The smallest absolute Gasteiger partial charge is 0.222 e. The zero-order valence-electron chi connectivity index (χ0n) is 13.1. The molecule has 0 spiro atoms. The van der Waals surface area contributed by atoms with Crippen LogP contribution in [0.25, 0.3) is 0 Å². The Hall–Kier alpha value is -1.32. The lowest BCUT2D eigenvalue weighted by molar-refractivity contribution is 0.128. The van der Waals surface area contributed by atoms with Gasteiger partial charge >= 0.3 is 0 Å². The standard InChI is InChI=1S/C16H27N3O/c1-5-17-15-14(11(2)3)16(19-10-18-15)20-13-8-6-12(4)7-9-13/h10-13H,5-9H2,1-4H3,(H,17,18,19). The van der Waals surface area contributed by atoms with Crippen LogP contribution in [0.3, 0.4) is 0 Å². The van der Waals surface area contributed by atoms with Crippen molar-refractivity contribution in [1.82, 2.24) is 9.97 Å². The Kier molecular flexibility index (Phi) is 5.21. The molecule has 0 unspecified atom stereocenters. The van der Waals surface area contributed by atoms with Gasteiger partial charge in [0.25, 0.3) is 0 Å². The summed E-state index contributed by atoms with van der Waals surface area (Å²) >= 11 is 0. The van der Waals surface area contributed by atoms with E-state index in [-0.39, 0.29) is 0 Å². The Morgan fingerprint density at radius 3 is 2.55 bits per heavy atom. The largest absolute Gasteiger partial charge is 0.474 e. The number of nitrogens with zero attached hydrogens (tertiary/aromatic N) is 2. The third kappa shape index (κ3) is 3.62. The molecule has 0 saturated heterocycles. The Labute approximate surface area is 122 Å². The van der Waals surface area contributed by atoms with E-state index in [9.17, 15) is 0 Å². The normalized spacial score (nSPS) is 22.9. The van der Waals surface area contributed by atoms with Gasteiger partial charge in [-0.05, 0) is 44.4 Å². The summed E-state index contributed by atoms with van der Waals surface area (Å²) in [6, 6.07) is 0. The van der Waals surface area contributed by atoms with Gasteiger partial charge in [0.1, 0.15) is 18.2 Å². The molecule has 1 N–H and O–H groups in total. The molecule has 0 radical (unpaired) electrons. The highest BCUT2D eigenvalue weighted by Crippen LogP contribution is 2.33. The molecule has 112 valence electrons. The predicted molar refractivity (Wildman–Crippen MR) is 82.3 cm³/mol. The first-order valence-corrected chi connectivity index (χ1v) is 7.87. The Bertz CT molecular complexity index is 426. The summed E-state index contributed by atoms with van der Waals surface area (Å²) in [5, 5.41) is 3.31. The average Bonchev–Trinajstić information content (AvgIpc) is 2.41. The fraction of sp³-hybridized carbons (Fsp3) is 0.750. The van der Waals surface area contributed by atoms with E-state index in [0.717, 1.165) is 42.6 Å². The van der Waals surface area contributed by atoms with Crippen molar-refractivity contribution < 1.29 is 4.74 Å². The molecule has 1 aliphatic rings. The molecule has 20 heavy (non-hydrogen) atoms. The van der Waals surface area contributed by atoms with Crippen LogP contribution in [0.15, 0.2) is 6.33 Å². The van der Waals surface area contributed by atoms with Gasteiger partial charge in [-0.25, -0.2) is 9.97 Å². The van der Waals surface area contributed by atoms with Gasteiger partial charge in [0, 0.05) is 6.54 Å². The minimum Gasteiger partial charge on any atom is -0.474 e. The number of anilines is 1. The topological polar surface area (TPSA) is 47.0 Å². The minimum absolute atomic E-state index is 0.313. The molecule has 0 bridgehead atoms. The van der Waals surface area contributed by atoms with Crippen molar-refractivity contribution in [3.8, 4) is 5.88 Å². The highest BCUT2D eigenvalue weighted by atomic mass is 16.5. The maximum atomic E-state index is 6.19. The first-order valence-electron chi connectivity index (χ1n) is 7.87. The lowest BCUT2D eigenvalue weighted by Gasteiger charge is -2.27. The quantitative estimate of drug-likeness (QED) is 0.884. The zero-order chi connectivity index (χ0) is 14.5. The number of rotatable bonds is 5. The highest BCUT2D eigenvalue weighted by molar-refractivity contribution is 5.50. The van der Waals surface area contributed by atoms with Crippen LogP contribution in [-0.2, 0) is 0 Å². The van der Waals surface area contributed by atoms with E-state index in [1.54, 1.807) is 6.33 Å². The second kappa shape index (κ2) is 6.91. The second-order valence-corrected chi connectivity index (χ2v) is 6.13. The third-order valence-electron chi connectivity index (χ3n) is 4.01. The second-order valence-electron chi connectivity index (χ2n) is 6.13. The molecule has 1 heterocycles. The molecule has 4 heteroatoms. The summed E-state index contributed by atoms with van der Waals surface area (Å²) in [7, 11) is 0. The molecular formula is C16H27N3O. The van der Waals surface area contributed by atoms with Crippen LogP contribution in [0.5, 0.6) is 5.88 Å². The number of hydrogen-bond acceptors (Lipinski definition) is 4. The van der Waals surface area contributed by atoms with Crippen molar-refractivity contribution >= 4 is 5.82 Å². The molecule has 1 aromatic rings. The first kappa shape index (κ1) is 15.1. The van der Waals surface area contributed by atoms with E-state index in [1.165, 1.54) is 12.8 Å². The Morgan fingerprint density at radius 2 is 1.95 bits per heavy atom. The van der Waals surface area contributed by atoms with Gasteiger partial charge in [0.2, 0.25) is 5.88 Å². The van der Waals surface area contributed by atoms with E-state index in [4.69, 9.17) is 4.74 Å². The number of ether oxygens (including phenoxy) is 1. The van der Waals surface area contributed by atoms with E-state index < -0.39 is 0 Å². The minimum atomic E-state index is 0.313. The van der Waals surface area contributed by atoms with Crippen molar-refractivity contribution in [2.24, 2.45) is 5.92 Å². The van der Waals surface area contributed by atoms with Crippen LogP contribution in [-0.4, -0.2) is 22.6 Å². The molecule has 4 nitrogen and oxygen atoms in total. The number of hydrogen-bond donors (Lipinski definition) is 1. The van der Waals surface area contributed by atoms with Gasteiger partial charge in [0.15, 0.2) is 0 Å². The lowest BCUT2D eigenvalue weighted by Crippen LogP contribution is -2.24. The molecule has 1 aliphatic carbocycles. The fourth-order valence-electron chi connectivity index (χ4n) is 2.81. The number of aromatic nitrogens is 2. The average molecular weight is 277 g/mol. The van der Waals surface area contributed by atoms with Gasteiger partial charge in [-0.2, -0.15) is 0 Å². The summed E-state index contributed by atoms with van der Waals surface area (Å²) in [6.07, 6.45) is 6.70. The Balaban J connectivity index is 2.16. The van der Waals surface area contributed by atoms with Crippen LogP contribution in [0.4, 0.5) is 5.82 Å². The van der Waals surface area contributed by atoms with Crippen LogP contribution in [0.1, 0.15) is 64.9 Å². The van der Waals surface area contributed by atoms with E-state index >= 15 is 0 Å². The maximum absolute atomic E-state index is 6.19. The van der Waals surface area contributed by atoms with Gasteiger partial charge in [0.05, 0.1) is 5.56 Å². The summed E-state index contributed by atoms with van der Waals surface area (Å²) < 4.78 is 6.19. The van der Waals surface area contributed by atoms with Crippen molar-refractivity contribution in [3.05, 3.63) is 11.9 Å². The van der Waals surface area contributed by atoms with Gasteiger partial charge in [-0.3, -0.25) is 0 Å². The lowest BCUT2D eigenvalue weighted by atomic mass is 9.89. The van der Waals surface area contributed by atoms with E-state index in [1.807, 2.05) is 0 Å². The molecule has 1 aromatic heterocycles. The molecule has 2 rings (SSSR count). The van der Waals surface area contributed by atoms with Gasteiger partial charge < -0.3 is 10.1 Å². The van der Waals surface area contributed by atoms with Crippen LogP contribution < -0.4 is 10.1 Å². The van der Waals surface area contributed by atoms with E-state index in [0.29, 0.717) is 12.0 Å². The molecule has 1 fully saturated rings. The van der Waals surface area contributed by atoms with Crippen LogP contribution in [0, 0.1) is 5.92 Å². The summed E-state index contributed by atoms with van der Waals surface area (Å²) in [5.41, 5.74) is 1.10. The Morgan fingerprint density at radius 1 is 1.25 bits per heavy atom. The molecule has 0 atom stereocenters. The maximum Gasteiger partial charge on any atom is 0.222 e. The van der Waals surface area contributed by atoms with Gasteiger partial charge in [-0.1, -0.05) is 20.8 Å². The fourth-order valence-corrected chi connectivity index (χ4v) is 2.81. The first-order chi connectivity index (χ1) is 9.61. The van der Waals surface area contributed by atoms with Crippen molar-refractivity contribution in [3.63, 3.8) is 0 Å². The SMILES string of the molecule is CCNc1ncnc(OC2CCC(C)CC2)c1C(C)C. The number of nitrogens with one attached hydrogen (secondary N) is 1.